The molecule has 0 bridgehead atoms. The highest BCUT2D eigenvalue weighted by Crippen LogP contribution is 2.34. The van der Waals surface area contributed by atoms with E-state index in [1.807, 2.05) is 0 Å². The summed E-state index contributed by atoms with van der Waals surface area (Å²) < 4.78 is 15.2. The minimum Gasteiger partial charge on any atom is -0.454 e. The molecule has 0 radical (unpaired) electrons. The second-order valence-electron chi connectivity index (χ2n) is 4.14. The maximum Gasteiger partial charge on any atom is 0.418 e. The van der Waals surface area contributed by atoms with Gasteiger partial charge in [0.25, 0.3) is 0 Å². The van der Waals surface area contributed by atoms with Crippen molar-refractivity contribution in [3.8, 4) is 11.5 Å². The lowest BCUT2D eigenvalue weighted by atomic mass is 10.3. The lowest BCUT2D eigenvalue weighted by molar-refractivity contribution is 0.118. The van der Waals surface area contributed by atoms with Crippen LogP contribution in [0.3, 0.4) is 0 Å². The summed E-state index contributed by atoms with van der Waals surface area (Å²) in [5.74, 6) is 1.14. The van der Waals surface area contributed by atoms with Crippen molar-refractivity contribution in [2.45, 2.75) is 6.92 Å². The van der Waals surface area contributed by atoms with Crippen molar-refractivity contribution < 1.29 is 23.8 Å². The number of carbonyl (C=O) groups is 2. The number of nitrogens with one attached hydrogen (secondary N) is 1. The number of nitrogens with two attached hydrogens (primary N) is 1. The summed E-state index contributed by atoms with van der Waals surface area (Å²) in [7, 11) is 0. The quantitative estimate of drug-likeness (QED) is 0.869. The first kappa shape index (κ1) is 14.9. The lowest BCUT2D eigenvalue weighted by Crippen LogP contribution is -2.43. The number of ether oxygens (including phenoxy) is 3. The van der Waals surface area contributed by atoms with E-state index in [1.54, 1.807) is 25.1 Å². The van der Waals surface area contributed by atoms with Gasteiger partial charge in [-0.1, -0.05) is 0 Å². The number of rotatable bonds is 4. The van der Waals surface area contributed by atoms with Gasteiger partial charge in [0, 0.05) is 24.8 Å². The van der Waals surface area contributed by atoms with Gasteiger partial charge in [0.15, 0.2) is 11.5 Å². The van der Waals surface area contributed by atoms with Crippen LogP contribution >= 0.6 is 0 Å². The van der Waals surface area contributed by atoms with Crippen molar-refractivity contribution in [1.82, 2.24) is 4.90 Å². The van der Waals surface area contributed by atoms with E-state index >= 15 is 0 Å². The molecule has 21 heavy (non-hydrogen) atoms. The van der Waals surface area contributed by atoms with Crippen LogP contribution in [0.1, 0.15) is 6.92 Å². The maximum atomic E-state index is 12.1. The average molecular weight is 295 g/mol. The van der Waals surface area contributed by atoms with Crippen LogP contribution in [0.5, 0.6) is 11.5 Å². The molecule has 114 valence electrons. The van der Waals surface area contributed by atoms with E-state index in [2.05, 4.69) is 5.32 Å². The Balaban J connectivity index is 2.05. The zero-order chi connectivity index (χ0) is 15.2. The molecule has 1 aliphatic rings. The molecule has 2 rings (SSSR count). The molecular formula is C13H17N3O5. The van der Waals surface area contributed by atoms with Crippen molar-refractivity contribution >= 4 is 17.8 Å². The normalized spacial score (nSPS) is 11.9. The highest BCUT2D eigenvalue weighted by Gasteiger charge is 2.22. The zero-order valence-electron chi connectivity index (χ0n) is 11.6. The molecule has 8 heteroatoms. The number of amides is 3. The second kappa shape index (κ2) is 6.80. The van der Waals surface area contributed by atoms with E-state index in [0.29, 0.717) is 17.2 Å². The summed E-state index contributed by atoms with van der Waals surface area (Å²) in [6.07, 6.45) is -0.735. The Morgan fingerprint density at radius 2 is 2.14 bits per heavy atom. The van der Waals surface area contributed by atoms with Crippen LogP contribution in [0.25, 0.3) is 0 Å². The Morgan fingerprint density at radius 3 is 2.86 bits per heavy atom. The van der Waals surface area contributed by atoms with Crippen LogP contribution in [-0.4, -0.2) is 43.5 Å². The number of imide groups is 1. The highest BCUT2D eigenvalue weighted by molar-refractivity contribution is 5.99. The van der Waals surface area contributed by atoms with Gasteiger partial charge in [0.2, 0.25) is 6.79 Å². The molecule has 0 saturated heterocycles. The third kappa shape index (κ3) is 3.54. The first-order valence-electron chi connectivity index (χ1n) is 6.50. The van der Waals surface area contributed by atoms with Gasteiger partial charge in [0.05, 0.1) is 6.61 Å². The number of benzene rings is 1. The number of hydrogen-bond donors (Lipinski definition) is 2. The summed E-state index contributed by atoms with van der Waals surface area (Å²) in [5.41, 5.74) is 5.88. The molecular weight excluding hydrogens is 278 g/mol. The molecule has 1 aliphatic heterocycles. The van der Waals surface area contributed by atoms with E-state index in [4.69, 9.17) is 19.9 Å². The SMILES string of the molecule is CCOC(=O)N(CCN)C(=O)Nc1ccc2c(c1)OCO2. The second-order valence-corrected chi connectivity index (χ2v) is 4.14. The van der Waals surface area contributed by atoms with Crippen molar-refractivity contribution in [3.05, 3.63) is 18.2 Å². The Bertz CT molecular complexity index is 535. The summed E-state index contributed by atoms with van der Waals surface area (Å²) in [4.78, 5) is 24.7. The fraction of sp³-hybridized carbons (Fsp3) is 0.385. The molecule has 0 saturated carbocycles. The molecule has 1 aromatic carbocycles. The third-order valence-corrected chi connectivity index (χ3v) is 2.71. The molecule has 0 unspecified atom stereocenters. The summed E-state index contributed by atoms with van der Waals surface area (Å²) in [5, 5.41) is 2.59. The molecule has 3 amide bonds. The Hall–Kier alpha value is -2.48. The largest absolute Gasteiger partial charge is 0.454 e. The molecule has 8 nitrogen and oxygen atoms in total. The molecule has 1 aromatic rings. The van der Waals surface area contributed by atoms with Crippen LogP contribution in [-0.2, 0) is 4.74 Å². The average Bonchev–Trinajstić information content (AvgIpc) is 2.92. The van der Waals surface area contributed by atoms with Gasteiger partial charge in [-0.2, -0.15) is 0 Å². The van der Waals surface area contributed by atoms with Crippen molar-refractivity contribution in [2.75, 3.05) is 31.8 Å². The van der Waals surface area contributed by atoms with Crippen molar-refractivity contribution in [2.24, 2.45) is 5.73 Å². The zero-order valence-corrected chi connectivity index (χ0v) is 11.6. The van der Waals surface area contributed by atoms with Gasteiger partial charge in [-0.25, -0.2) is 14.5 Å². The van der Waals surface area contributed by atoms with Crippen LogP contribution < -0.4 is 20.5 Å². The first-order chi connectivity index (χ1) is 10.2. The molecule has 3 N–H and O–H groups in total. The van der Waals surface area contributed by atoms with E-state index in [9.17, 15) is 9.59 Å². The molecule has 0 aromatic heterocycles. The third-order valence-electron chi connectivity index (χ3n) is 2.71. The number of anilines is 1. The lowest BCUT2D eigenvalue weighted by Gasteiger charge is -2.19. The van der Waals surface area contributed by atoms with Gasteiger partial charge in [-0.3, -0.25) is 0 Å². The predicted molar refractivity (Wildman–Crippen MR) is 74.4 cm³/mol. The molecule has 0 fully saturated rings. The van der Waals surface area contributed by atoms with Crippen LogP contribution in [0, 0.1) is 0 Å². The van der Waals surface area contributed by atoms with Crippen LogP contribution in [0.4, 0.5) is 15.3 Å². The highest BCUT2D eigenvalue weighted by atomic mass is 16.7. The van der Waals surface area contributed by atoms with Gasteiger partial charge in [-0.05, 0) is 19.1 Å². The topological polar surface area (TPSA) is 103 Å². The van der Waals surface area contributed by atoms with Gasteiger partial charge >= 0.3 is 12.1 Å². The standard InChI is InChI=1S/C13H17N3O5/c1-2-19-13(18)16(6-5-14)12(17)15-9-3-4-10-11(7-9)21-8-20-10/h3-4,7H,2,5-6,8,14H2,1H3,(H,15,17). The fourth-order valence-electron chi connectivity index (χ4n) is 1.77. The monoisotopic (exact) mass is 295 g/mol. The molecule has 1 heterocycles. The Morgan fingerprint density at radius 1 is 1.38 bits per heavy atom. The van der Waals surface area contributed by atoms with Gasteiger partial charge in [0.1, 0.15) is 0 Å². The number of fused-ring (bicyclic) bond motifs is 1. The number of hydrogen-bond acceptors (Lipinski definition) is 6. The van der Waals surface area contributed by atoms with E-state index in [-0.39, 0.29) is 26.5 Å². The Labute approximate surface area is 121 Å². The Kier molecular flexibility index (Phi) is 4.83. The fourth-order valence-corrected chi connectivity index (χ4v) is 1.77. The summed E-state index contributed by atoms with van der Waals surface area (Å²) >= 11 is 0. The smallest absolute Gasteiger partial charge is 0.418 e. The van der Waals surface area contributed by atoms with Crippen molar-refractivity contribution in [1.29, 1.82) is 0 Å². The maximum absolute atomic E-state index is 12.1. The molecule has 0 aliphatic carbocycles. The van der Waals surface area contributed by atoms with Gasteiger partial charge < -0.3 is 25.3 Å². The number of urea groups is 1. The summed E-state index contributed by atoms with van der Waals surface area (Å²) in [6.45, 7) is 2.20. The first-order valence-corrected chi connectivity index (χ1v) is 6.50. The summed E-state index contributed by atoms with van der Waals surface area (Å²) in [6, 6.07) is 4.33. The van der Waals surface area contributed by atoms with Crippen LogP contribution in [0.15, 0.2) is 18.2 Å². The molecule has 0 atom stereocenters. The number of nitrogens with zero attached hydrogens (tertiary/aromatic N) is 1. The minimum absolute atomic E-state index is 0.0647. The predicted octanol–water partition coefficient (Wildman–Crippen LogP) is 1.36. The van der Waals surface area contributed by atoms with Crippen LogP contribution in [0.2, 0.25) is 0 Å². The number of carbonyl (C=O) groups excluding carboxylic acids is 2. The van der Waals surface area contributed by atoms with Gasteiger partial charge in [-0.15, -0.1) is 0 Å². The minimum atomic E-state index is -0.735. The van der Waals surface area contributed by atoms with E-state index in [1.165, 1.54) is 0 Å². The van der Waals surface area contributed by atoms with E-state index < -0.39 is 12.1 Å². The van der Waals surface area contributed by atoms with Crippen molar-refractivity contribution in [3.63, 3.8) is 0 Å². The molecule has 0 spiro atoms. The van der Waals surface area contributed by atoms with E-state index in [0.717, 1.165) is 4.90 Å².